The highest BCUT2D eigenvalue weighted by molar-refractivity contribution is 5.73. The predicted octanol–water partition coefficient (Wildman–Crippen LogP) is 1.43. The van der Waals surface area contributed by atoms with Gasteiger partial charge in [0, 0.05) is 6.92 Å². The third kappa shape index (κ3) is 2.05. The van der Waals surface area contributed by atoms with Crippen LogP contribution < -0.4 is 11.1 Å². The monoisotopic (exact) mass is 217 g/mol. The highest BCUT2D eigenvalue weighted by Gasteiger charge is 2.22. The molecule has 1 amide bonds. The Morgan fingerprint density at radius 1 is 1.62 bits per heavy atom. The first-order chi connectivity index (χ1) is 7.70. The van der Waals surface area contributed by atoms with Gasteiger partial charge >= 0.3 is 0 Å². The maximum atomic E-state index is 11.0. The van der Waals surface area contributed by atoms with Gasteiger partial charge in [-0.3, -0.25) is 4.79 Å². The van der Waals surface area contributed by atoms with E-state index in [1.54, 1.807) is 6.92 Å². The Morgan fingerprint density at radius 2 is 2.44 bits per heavy atom. The second-order valence-electron chi connectivity index (χ2n) is 3.95. The summed E-state index contributed by atoms with van der Waals surface area (Å²) in [6.45, 7) is 1.55. The molecule has 3 N–H and O–H groups in total. The van der Waals surface area contributed by atoms with E-state index < -0.39 is 0 Å². The highest BCUT2D eigenvalue weighted by atomic mass is 16.1. The molecule has 0 fully saturated rings. The Hall–Kier alpha value is -1.84. The molecule has 1 aromatic rings. The van der Waals surface area contributed by atoms with Crippen molar-refractivity contribution >= 4 is 17.9 Å². The van der Waals surface area contributed by atoms with Crippen molar-refractivity contribution in [2.75, 3.05) is 0 Å². The van der Waals surface area contributed by atoms with Crippen LogP contribution in [-0.2, 0) is 11.2 Å². The van der Waals surface area contributed by atoms with Gasteiger partial charge in [0.25, 0.3) is 0 Å². The normalized spacial score (nSPS) is 18.7. The number of carbonyl (C=O) groups excluding carboxylic acids is 1. The zero-order valence-corrected chi connectivity index (χ0v) is 9.23. The molecule has 1 aliphatic carbocycles. The number of fused-ring (bicyclic) bond motifs is 1. The third-order valence-electron chi connectivity index (χ3n) is 2.81. The van der Waals surface area contributed by atoms with Gasteiger partial charge in [-0.15, -0.1) is 0 Å². The second-order valence-corrected chi connectivity index (χ2v) is 3.95. The van der Waals surface area contributed by atoms with Crippen molar-refractivity contribution in [3.8, 4) is 0 Å². The summed E-state index contributed by atoms with van der Waals surface area (Å²) in [4.78, 5) is 15.1. The van der Waals surface area contributed by atoms with Gasteiger partial charge in [-0.05, 0) is 36.1 Å². The van der Waals surface area contributed by atoms with Gasteiger partial charge in [0.15, 0.2) is 0 Å². The first-order valence-electron chi connectivity index (χ1n) is 5.35. The van der Waals surface area contributed by atoms with E-state index in [-0.39, 0.29) is 11.9 Å². The molecule has 0 aromatic heterocycles. The standard InChI is InChI=1S/C12H15N3O/c1-8(16)15-12-5-2-9-6-10(14-7-13)3-4-11(9)12/h3-4,6-7,12H,2,5H2,1H3,(H2,13,14)(H,15,16)/t12-/m0/s1. The van der Waals surface area contributed by atoms with Crippen molar-refractivity contribution in [2.45, 2.75) is 25.8 Å². The first-order valence-corrected chi connectivity index (χ1v) is 5.35. The van der Waals surface area contributed by atoms with E-state index in [0.717, 1.165) is 18.5 Å². The fourth-order valence-corrected chi connectivity index (χ4v) is 2.17. The van der Waals surface area contributed by atoms with Crippen molar-refractivity contribution in [1.29, 1.82) is 0 Å². The maximum Gasteiger partial charge on any atom is 0.217 e. The molecule has 0 saturated heterocycles. The summed E-state index contributed by atoms with van der Waals surface area (Å²) in [7, 11) is 0. The summed E-state index contributed by atoms with van der Waals surface area (Å²) < 4.78 is 0. The van der Waals surface area contributed by atoms with E-state index in [1.807, 2.05) is 18.2 Å². The van der Waals surface area contributed by atoms with Gasteiger partial charge < -0.3 is 11.1 Å². The quantitative estimate of drug-likeness (QED) is 0.581. The zero-order valence-electron chi connectivity index (χ0n) is 9.23. The molecule has 4 heteroatoms. The lowest BCUT2D eigenvalue weighted by atomic mass is 10.1. The van der Waals surface area contributed by atoms with Crippen LogP contribution in [-0.4, -0.2) is 12.2 Å². The van der Waals surface area contributed by atoms with Crippen LogP contribution in [0.3, 0.4) is 0 Å². The maximum absolute atomic E-state index is 11.0. The summed E-state index contributed by atoms with van der Waals surface area (Å²) in [5.74, 6) is 0.0157. The summed E-state index contributed by atoms with van der Waals surface area (Å²) in [6, 6.07) is 6.12. The van der Waals surface area contributed by atoms with Crippen LogP contribution in [0, 0.1) is 0 Å². The second kappa shape index (κ2) is 4.35. The average Bonchev–Trinajstić information content (AvgIpc) is 2.61. The fraction of sp³-hybridized carbons (Fsp3) is 0.333. The molecule has 84 valence electrons. The molecule has 1 aliphatic rings. The van der Waals surface area contributed by atoms with Gasteiger partial charge in [-0.25, -0.2) is 4.99 Å². The van der Waals surface area contributed by atoms with Crippen LogP contribution in [0.1, 0.15) is 30.5 Å². The van der Waals surface area contributed by atoms with E-state index in [2.05, 4.69) is 10.3 Å². The van der Waals surface area contributed by atoms with Crippen LogP contribution >= 0.6 is 0 Å². The lowest BCUT2D eigenvalue weighted by Crippen LogP contribution is -2.24. The lowest BCUT2D eigenvalue weighted by Gasteiger charge is -2.12. The molecular formula is C12H15N3O. The number of nitrogens with two attached hydrogens (primary N) is 1. The molecule has 1 atom stereocenters. The predicted molar refractivity (Wildman–Crippen MR) is 63.7 cm³/mol. The van der Waals surface area contributed by atoms with E-state index in [1.165, 1.54) is 17.5 Å². The zero-order chi connectivity index (χ0) is 11.5. The molecule has 0 unspecified atom stereocenters. The molecule has 2 rings (SSSR count). The van der Waals surface area contributed by atoms with E-state index in [4.69, 9.17) is 5.73 Å². The summed E-state index contributed by atoms with van der Waals surface area (Å²) in [5.41, 5.74) is 8.57. The number of nitrogens with one attached hydrogen (secondary N) is 1. The van der Waals surface area contributed by atoms with E-state index >= 15 is 0 Å². The minimum atomic E-state index is 0.0157. The molecule has 0 radical (unpaired) electrons. The first kappa shape index (κ1) is 10.7. The summed E-state index contributed by atoms with van der Waals surface area (Å²) in [5, 5.41) is 2.95. The molecular weight excluding hydrogens is 202 g/mol. The topological polar surface area (TPSA) is 67.5 Å². The Bertz CT molecular complexity index is 440. The Balaban J connectivity index is 2.25. The van der Waals surface area contributed by atoms with Crippen LogP contribution in [0.4, 0.5) is 5.69 Å². The number of carbonyl (C=O) groups is 1. The number of aryl methyl sites for hydroxylation is 1. The lowest BCUT2D eigenvalue weighted by molar-refractivity contribution is -0.119. The largest absolute Gasteiger partial charge is 0.390 e. The number of hydrogen-bond donors (Lipinski definition) is 2. The SMILES string of the molecule is CC(=O)N[C@H]1CCc2cc(N=CN)ccc21. The molecule has 16 heavy (non-hydrogen) atoms. The van der Waals surface area contributed by atoms with Crippen LogP contribution in [0.25, 0.3) is 0 Å². The van der Waals surface area contributed by atoms with Crippen molar-refractivity contribution in [2.24, 2.45) is 10.7 Å². The molecule has 4 nitrogen and oxygen atoms in total. The number of benzene rings is 1. The Labute approximate surface area is 94.6 Å². The molecule has 0 aliphatic heterocycles. The van der Waals surface area contributed by atoms with Crippen molar-refractivity contribution < 1.29 is 4.79 Å². The van der Waals surface area contributed by atoms with Crippen LogP contribution in [0.2, 0.25) is 0 Å². The van der Waals surface area contributed by atoms with Crippen LogP contribution in [0.5, 0.6) is 0 Å². The van der Waals surface area contributed by atoms with Gasteiger partial charge in [0.1, 0.15) is 0 Å². The van der Waals surface area contributed by atoms with Gasteiger partial charge in [0.2, 0.25) is 5.91 Å². The fourth-order valence-electron chi connectivity index (χ4n) is 2.17. The number of amides is 1. The average molecular weight is 217 g/mol. The number of nitrogens with zero attached hydrogens (tertiary/aromatic N) is 1. The van der Waals surface area contributed by atoms with Crippen LogP contribution in [0.15, 0.2) is 23.2 Å². The minimum Gasteiger partial charge on any atom is -0.390 e. The summed E-state index contributed by atoms with van der Waals surface area (Å²) in [6.07, 6.45) is 3.24. The molecule has 0 bridgehead atoms. The van der Waals surface area contributed by atoms with Crippen molar-refractivity contribution in [1.82, 2.24) is 5.32 Å². The highest BCUT2D eigenvalue weighted by Crippen LogP contribution is 2.33. The van der Waals surface area contributed by atoms with Gasteiger partial charge in [-0.2, -0.15) is 0 Å². The van der Waals surface area contributed by atoms with Gasteiger partial charge in [0.05, 0.1) is 18.1 Å². The smallest absolute Gasteiger partial charge is 0.217 e. The number of aliphatic imine (C=N–C) groups is 1. The number of hydrogen-bond acceptors (Lipinski definition) is 2. The third-order valence-corrected chi connectivity index (χ3v) is 2.81. The Morgan fingerprint density at radius 3 is 3.12 bits per heavy atom. The Kier molecular flexibility index (Phi) is 2.90. The van der Waals surface area contributed by atoms with E-state index in [9.17, 15) is 4.79 Å². The van der Waals surface area contributed by atoms with Gasteiger partial charge in [-0.1, -0.05) is 6.07 Å². The molecule has 0 spiro atoms. The molecule has 0 heterocycles. The summed E-state index contributed by atoms with van der Waals surface area (Å²) >= 11 is 0. The minimum absolute atomic E-state index is 0.0157. The van der Waals surface area contributed by atoms with Crippen molar-refractivity contribution in [3.63, 3.8) is 0 Å². The molecule has 1 aromatic carbocycles. The van der Waals surface area contributed by atoms with Crippen molar-refractivity contribution in [3.05, 3.63) is 29.3 Å². The molecule has 0 saturated carbocycles. The van der Waals surface area contributed by atoms with E-state index in [0.29, 0.717) is 0 Å². The number of rotatable bonds is 2.